The third-order valence-electron chi connectivity index (χ3n) is 3.18. The first-order valence-electron chi connectivity index (χ1n) is 6.83. The topological polar surface area (TPSA) is 84.2 Å². The number of carbonyl (C=O) groups is 2. The summed E-state index contributed by atoms with van der Waals surface area (Å²) in [6.45, 7) is 3.19. The molecule has 2 aromatic carbocycles. The maximum atomic E-state index is 12.0. The lowest BCUT2D eigenvalue weighted by atomic mass is 10.1. The van der Waals surface area contributed by atoms with E-state index in [0.717, 1.165) is 10.8 Å². The highest BCUT2D eigenvalue weighted by atomic mass is 16.2. The van der Waals surface area contributed by atoms with E-state index in [1.165, 1.54) is 0 Å². The molecule has 21 heavy (non-hydrogen) atoms. The molecule has 2 aromatic rings. The molecule has 0 radical (unpaired) electrons. The lowest BCUT2D eigenvalue weighted by Gasteiger charge is -2.15. The van der Waals surface area contributed by atoms with Gasteiger partial charge in [0, 0.05) is 5.69 Å². The molecule has 0 saturated carbocycles. The van der Waals surface area contributed by atoms with Crippen LogP contribution in [0.25, 0.3) is 10.8 Å². The average molecular weight is 285 g/mol. The van der Waals surface area contributed by atoms with Crippen LogP contribution in [0.2, 0.25) is 0 Å². The second kappa shape index (κ2) is 6.37. The quantitative estimate of drug-likeness (QED) is 0.798. The van der Waals surface area contributed by atoms with Crippen molar-refractivity contribution < 1.29 is 9.59 Å². The van der Waals surface area contributed by atoms with Crippen LogP contribution in [0.15, 0.2) is 42.5 Å². The van der Waals surface area contributed by atoms with Crippen molar-refractivity contribution in [1.82, 2.24) is 5.32 Å². The van der Waals surface area contributed by atoms with Gasteiger partial charge in [-0.25, -0.2) is 0 Å². The third-order valence-corrected chi connectivity index (χ3v) is 3.18. The van der Waals surface area contributed by atoms with Crippen LogP contribution in [0.1, 0.15) is 13.8 Å². The number of hydrogen-bond donors (Lipinski definition) is 3. The molecule has 2 atom stereocenters. The number of amides is 2. The van der Waals surface area contributed by atoms with Crippen molar-refractivity contribution in [3.8, 4) is 0 Å². The molecule has 2 unspecified atom stereocenters. The number of hydrogen-bond acceptors (Lipinski definition) is 3. The fourth-order valence-corrected chi connectivity index (χ4v) is 1.93. The molecule has 0 heterocycles. The minimum absolute atomic E-state index is 0.278. The molecule has 0 aliphatic rings. The van der Waals surface area contributed by atoms with Gasteiger partial charge < -0.3 is 16.4 Å². The molecule has 0 aliphatic carbocycles. The summed E-state index contributed by atoms with van der Waals surface area (Å²) in [6, 6.07) is 12.3. The highest BCUT2D eigenvalue weighted by molar-refractivity contribution is 5.99. The molecule has 110 valence electrons. The van der Waals surface area contributed by atoms with Crippen LogP contribution in [-0.2, 0) is 9.59 Å². The minimum Gasteiger partial charge on any atom is -0.343 e. The van der Waals surface area contributed by atoms with Crippen LogP contribution in [0.5, 0.6) is 0 Å². The summed E-state index contributed by atoms with van der Waals surface area (Å²) < 4.78 is 0. The van der Waals surface area contributed by atoms with Gasteiger partial charge >= 0.3 is 0 Å². The standard InChI is InChI=1S/C16H19N3O2/c1-10(17)15(20)18-11(2)16(21)19-14-8-7-12-5-3-4-6-13(12)9-14/h3-11H,17H2,1-2H3,(H,18,20)(H,19,21). The van der Waals surface area contributed by atoms with E-state index in [-0.39, 0.29) is 11.8 Å². The van der Waals surface area contributed by atoms with Crippen molar-refractivity contribution in [2.24, 2.45) is 5.73 Å². The van der Waals surface area contributed by atoms with Crippen molar-refractivity contribution in [2.75, 3.05) is 5.32 Å². The summed E-state index contributed by atoms with van der Waals surface area (Å²) in [6.07, 6.45) is 0. The van der Waals surface area contributed by atoms with Crippen molar-refractivity contribution in [1.29, 1.82) is 0 Å². The van der Waals surface area contributed by atoms with Crippen LogP contribution in [0.4, 0.5) is 5.69 Å². The predicted octanol–water partition coefficient (Wildman–Crippen LogP) is 1.63. The average Bonchev–Trinajstić information content (AvgIpc) is 2.46. The summed E-state index contributed by atoms with van der Waals surface area (Å²) >= 11 is 0. The van der Waals surface area contributed by atoms with Gasteiger partial charge in [0.25, 0.3) is 0 Å². The largest absolute Gasteiger partial charge is 0.343 e. The predicted molar refractivity (Wildman–Crippen MR) is 83.8 cm³/mol. The van der Waals surface area contributed by atoms with Crippen molar-refractivity contribution in [3.63, 3.8) is 0 Å². The van der Waals surface area contributed by atoms with E-state index in [1.54, 1.807) is 13.8 Å². The van der Waals surface area contributed by atoms with Crippen LogP contribution in [0.3, 0.4) is 0 Å². The molecular formula is C16H19N3O2. The van der Waals surface area contributed by atoms with E-state index in [9.17, 15) is 9.59 Å². The Morgan fingerprint density at radius 3 is 2.33 bits per heavy atom. The van der Waals surface area contributed by atoms with Gasteiger partial charge in [0.05, 0.1) is 6.04 Å². The van der Waals surface area contributed by atoms with Gasteiger partial charge in [0.2, 0.25) is 11.8 Å². The zero-order valence-electron chi connectivity index (χ0n) is 12.1. The Kier molecular flexibility index (Phi) is 4.55. The summed E-state index contributed by atoms with van der Waals surface area (Å²) in [5, 5.41) is 7.49. The number of rotatable bonds is 4. The number of nitrogens with two attached hydrogens (primary N) is 1. The molecular weight excluding hydrogens is 266 g/mol. The Morgan fingerprint density at radius 1 is 1.00 bits per heavy atom. The lowest BCUT2D eigenvalue weighted by molar-refractivity contribution is -0.126. The molecule has 0 aliphatic heterocycles. The first-order chi connectivity index (χ1) is 9.97. The number of nitrogens with one attached hydrogen (secondary N) is 2. The monoisotopic (exact) mass is 285 g/mol. The molecule has 5 nitrogen and oxygen atoms in total. The lowest BCUT2D eigenvalue weighted by Crippen LogP contribution is -2.47. The van der Waals surface area contributed by atoms with Crippen LogP contribution >= 0.6 is 0 Å². The van der Waals surface area contributed by atoms with Gasteiger partial charge in [0.15, 0.2) is 0 Å². The third kappa shape index (κ3) is 3.79. The molecule has 0 bridgehead atoms. The molecule has 0 aromatic heterocycles. The fraction of sp³-hybridized carbons (Fsp3) is 0.250. The first kappa shape index (κ1) is 15.0. The van der Waals surface area contributed by atoms with Crippen molar-refractivity contribution in [3.05, 3.63) is 42.5 Å². The van der Waals surface area contributed by atoms with E-state index in [4.69, 9.17) is 5.73 Å². The second-order valence-electron chi connectivity index (χ2n) is 5.07. The Balaban J connectivity index is 2.05. The van der Waals surface area contributed by atoms with Gasteiger partial charge in [-0.1, -0.05) is 30.3 Å². The second-order valence-corrected chi connectivity index (χ2v) is 5.07. The molecule has 0 spiro atoms. The van der Waals surface area contributed by atoms with E-state index in [2.05, 4.69) is 10.6 Å². The van der Waals surface area contributed by atoms with Crippen LogP contribution in [-0.4, -0.2) is 23.9 Å². The molecule has 0 fully saturated rings. The molecule has 2 rings (SSSR count). The van der Waals surface area contributed by atoms with Gasteiger partial charge in [-0.3, -0.25) is 9.59 Å². The maximum absolute atomic E-state index is 12.0. The normalized spacial score (nSPS) is 13.5. The van der Waals surface area contributed by atoms with Crippen LogP contribution < -0.4 is 16.4 Å². The summed E-state index contributed by atoms with van der Waals surface area (Å²) in [5.74, 6) is -0.629. The maximum Gasteiger partial charge on any atom is 0.246 e. The van der Waals surface area contributed by atoms with Crippen LogP contribution in [0, 0.1) is 0 Å². The highest BCUT2D eigenvalue weighted by Gasteiger charge is 2.17. The number of anilines is 1. The Labute approximate surface area is 123 Å². The zero-order valence-corrected chi connectivity index (χ0v) is 12.1. The van der Waals surface area contributed by atoms with E-state index in [1.807, 2.05) is 42.5 Å². The Bertz CT molecular complexity index is 667. The van der Waals surface area contributed by atoms with Gasteiger partial charge in [-0.15, -0.1) is 0 Å². The van der Waals surface area contributed by atoms with Gasteiger partial charge in [0.1, 0.15) is 6.04 Å². The zero-order chi connectivity index (χ0) is 15.4. The number of carbonyl (C=O) groups excluding carboxylic acids is 2. The fourth-order valence-electron chi connectivity index (χ4n) is 1.93. The van der Waals surface area contributed by atoms with Gasteiger partial charge in [-0.05, 0) is 36.8 Å². The molecule has 5 heteroatoms. The summed E-state index contributed by atoms with van der Waals surface area (Å²) in [4.78, 5) is 23.5. The number of benzene rings is 2. The Hall–Kier alpha value is -2.40. The van der Waals surface area contributed by atoms with Crippen molar-refractivity contribution in [2.45, 2.75) is 25.9 Å². The Morgan fingerprint density at radius 2 is 1.67 bits per heavy atom. The molecule has 0 saturated heterocycles. The smallest absolute Gasteiger partial charge is 0.246 e. The summed E-state index contributed by atoms with van der Waals surface area (Å²) in [7, 11) is 0. The van der Waals surface area contributed by atoms with Gasteiger partial charge in [-0.2, -0.15) is 0 Å². The first-order valence-corrected chi connectivity index (χ1v) is 6.83. The molecule has 4 N–H and O–H groups in total. The SMILES string of the molecule is CC(N)C(=O)NC(C)C(=O)Nc1ccc2ccccc2c1. The van der Waals surface area contributed by atoms with E-state index >= 15 is 0 Å². The van der Waals surface area contributed by atoms with E-state index in [0.29, 0.717) is 5.69 Å². The number of fused-ring (bicyclic) bond motifs is 1. The van der Waals surface area contributed by atoms with Crippen molar-refractivity contribution >= 4 is 28.3 Å². The minimum atomic E-state index is -0.644. The molecule has 2 amide bonds. The summed E-state index contributed by atoms with van der Waals surface area (Å²) in [5.41, 5.74) is 6.15. The highest BCUT2D eigenvalue weighted by Crippen LogP contribution is 2.18. The van der Waals surface area contributed by atoms with E-state index < -0.39 is 12.1 Å².